The van der Waals surface area contributed by atoms with Crippen LogP contribution in [0.5, 0.6) is 0 Å². The SMILES string of the molecule is CC.CC.CN1CNC(c2cccnc2)N1. The molecular formula is C12H24N4. The first-order valence-electron chi connectivity index (χ1n) is 5.97. The summed E-state index contributed by atoms with van der Waals surface area (Å²) in [4.78, 5) is 4.06. The predicted molar refractivity (Wildman–Crippen MR) is 68.6 cm³/mol. The molecule has 1 aromatic rings. The molecule has 0 spiro atoms. The third-order valence-electron chi connectivity index (χ3n) is 1.90. The lowest BCUT2D eigenvalue weighted by atomic mass is 10.2. The smallest absolute Gasteiger partial charge is 0.0991 e. The molecule has 16 heavy (non-hydrogen) atoms. The summed E-state index contributed by atoms with van der Waals surface area (Å²) < 4.78 is 0. The van der Waals surface area contributed by atoms with Crippen LogP contribution in [0.1, 0.15) is 39.4 Å². The van der Waals surface area contributed by atoms with Gasteiger partial charge in [-0.15, -0.1) is 0 Å². The first kappa shape index (κ1) is 15.0. The molecule has 0 amide bonds. The van der Waals surface area contributed by atoms with Gasteiger partial charge in [0, 0.05) is 25.0 Å². The molecule has 4 heteroatoms. The van der Waals surface area contributed by atoms with E-state index in [1.807, 2.05) is 52.0 Å². The zero-order valence-electron chi connectivity index (χ0n) is 11.0. The van der Waals surface area contributed by atoms with E-state index in [4.69, 9.17) is 0 Å². The van der Waals surface area contributed by atoms with Crippen LogP contribution < -0.4 is 10.7 Å². The molecule has 1 atom stereocenters. The average Bonchev–Trinajstić information content (AvgIpc) is 2.82. The van der Waals surface area contributed by atoms with Gasteiger partial charge in [-0.25, -0.2) is 10.4 Å². The van der Waals surface area contributed by atoms with Gasteiger partial charge < -0.3 is 0 Å². The Balaban J connectivity index is 0.000000509. The van der Waals surface area contributed by atoms with Crippen molar-refractivity contribution in [3.8, 4) is 0 Å². The average molecular weight is 224 g/mol. The van der Waals surface area contributed by atoms with Crippen LogP contribution >= 0.6 is 0 Å². The van der Waals surface area contributed by atoms with Crippen molar-refractivity contribution in [2.45, 2.75) is 33.9 Å². The highest BCUT2D eigenvalue weighted by Gasteiger charge is 2.18. The minimum Gasteiger partial charge on any atom is -0.283 e. The van der Waals surface area contributed by atoms with Gasteiger partial charge >= 0.3 is 0 Å². The van der Waals surface area contributed by atoms with Crippen molar-refractivity contribution in [1.82, 2.24) is 20.7 Å². The molecule has 1 aliphatic rings. The number of hydrazine groups is 1. The van der Waals surface area contributed by atoms with Crippen LogP contribution in [0.25, 0.3) is 0 Å². The first-order valence-corrected chi connectivity index (χ1v) is 5.97. The van der Waals surface area contributed by atoms with Crippen LogP contribution in [0.4, 0.5) is 0 Å². The standard InChI is InChI=1S/C8H12N4.2C2H6/c1-12-6-10-8(11-12)7-3-2-4-9-5-7;2*1-2/h2-5,8,10-11H,6H2,1H3;2*1-2H3. The summed E-state index contributed by atoms with van der Waals surface area (Å²) in [6.07, 6.45) is 3.86. The number of hydrogen-bond acceptors (Lipinski definition) is 4. The molecule has 0 saturated carbocycles. The fourth-order valence-electron chi connectivity index (χ4n) is 1.28. The van der Waals surface area contributed by atoms with Crippen LogP contribution in [-0.2, 0) is 0 Å². The van der Waals surface area contributed by atoms with E-state index in [1.54, 1.807) is 6.20 Å². The molecule has 1 fully saturated rings. The molecule has 4 nitrogen and oxygen atoms in total. The van der Waals surface area contributed by atoms with E-state index in [-0.39, 0.29) is 6.17 Å². The number of aromatic nitrogens is 1. The van der Waals surface area contributed by atoms with Crippen LogP contribution in [-0.4, -0.2) is 23.7 Å². The van der Waals surface area contributed by atoms with Crippen molar-refractivity contribution in [3.05, 3.63) is 30.1 Å². The summed E-state index contributed by atoms with van der Waals surface area (Å²) >= 11 is 0. The summed E-state index contributed by atoms with van der Waals surface area (Å²) in [5, 5.41) is 5.31. The van der Waals surface area contributed by atoms with Crippen molar-refractivity contribution < 1.29 is 0 Å². The van der Waals surface area contributed by atoms with Gasteiger partial charge in [0.1, 0.15) is 0 Å². The highest BCUT2D eigenvalue weighted by Crippen LogP contribution is 2.10. The van der Waals surface area contributed by atoms with Crippen LogP contribution in [0.2, 0.25) is 0 Å². The van der Waals surface area contributed by atoms with Gasteiger partial charge in [-0.2, -0.15) is 0 Å². The molecule has 0 bridgehead atoms. The lowest BCUT2D eigenvalue weighted by Gasteiger charge is -2.11. The van der Waals surface area contributed by atoms with E-state index < -0.39 is 0 Å². The van der Waals surface area contributed by atoms with E-state index in [2.05, 4.69) is 21.8 Å². The Hall–Kier alpha value is -0.970. The Kier molecular flexibility index (Phi) is 8.71. The number of nitrogens with zero attached hydrogens (tertiary/aromatic N) is 2. The van der Waals surface area contributed by atoms with Gasteiger partial charge in [-0.3, -0.25) is 10.3 Å². The second kappa shape index (κ2) is 9.27. The number of pyridine rings is 1. The summed E-state index contributed by atoms with van der Waals surface area (Å²) in [6, 6.07) is 3.99. The van der Waals surface area contributed by atoms with Crippen molar-refractivity contribution in [2.75, 3.05) is 13.7 Å². The predicted octanol–water partition coefficient (Wildman–Crippen LogP) is 2.13. The Labute approximate surface area is 99.0 Å². The number of hydrogen-bond donors (Lipinski definition) is 2. The molecule has 1 unspecified atom stereocenters. The molecule has 92 valence electrons. The Morgan fingerprint density at radius 2 is 2.00 bits per heavy atom. The molecule has 2 heterocycles. The maximum Gasteiger partial charge on any atom is 0.0991 e. The Morgan fingerprint density at radius 3 is 2.44 bits per heavy atom. The molecule has 1 saturated heterocycles. The third-order valence-corrected chi connectivity index (χ3v) is 1.90. The zero-order chi connectivity index (χ0) is 12.4. The molecule has 0 radical (unpaired) electrons. The molecule has 1 aromatic heterocycles. The second-order valence-electron chi connectivity index (χ2n) is 2.91. The van der Waals surface area contributed by atoms with Gasteiger partial charge in [-0.1, -0.05) is 33.8 Å². The summed E-state index contributed by atoms with van der Waals surface area (Å²) in [5.74, 6) is 0. The van der Waals surface area contributed by atoms with Gasteiger partial charge in [0.05, 0.1) is 12.8 Å². The molecule has 2 N–H and O–H groups in total. The van der Waals surface area contributed by atoms with Gasteiger partial charge in [0.2, 0.25) is 0 Å². The Bertz CT molecular complexity index is 250. The van der Waals surface area contributed by atoms with E-state index in [0.717, 1.165) is 6.67 Å². The quantitative estimate of drug-likeness (QED) is 0.766. The highest BCUT2D eigenvalue weighted by molar-refractivity contribution is 5.13. The highest BCUT2D eigenvalue weighted by atomic mass is 15.6. The van der Waals surface area contributed by atoms with E-state index in [9.17, 15) is 0 Å². The van der Waals surface area contributed by atoms with E-state index in [1.165, 1.54) is 5.56 Å². The van der Waals surface area contributed by atoms with Crippen LogP contribution in [0, 0.1) is 0 Å². The lowest BCUT2D eigenvalue weighted by Crippen LogP contribution is -2.28. The topological polar surface area (TPSA) is 40.2 Å². The summed E-state index contributed by atoms with van der Waals surface area (Å²) in [7, 11) is 2.00. The van der Waals surface area contributed by atoms with Gasteiger partial charge in [0.25, 0.3) is 0 Å². The molecular weight excluding hydrogens is 200 g/mol. The third kappa shape index (κ3) is 4.70. The maximum absolute atomic E-state index is 4.06. The lowest BCUT2D eigenvalue weighted by molar-refractivity contribution is 0.292. The van der Waals surface area contributed by atoms with Crippen LogP contribution in [0.15, 0.2) is 24.5 Å². The minimum atomic E-state index is 0.212. The summed E-state index contributed by atoms with van der Waals surface area (Å²) in [6.45, 7) is 8.86. The molecule has 0 aromatic carbocycles. The minimum absolute atomic E-state index is 0.212. The summed E-state index contributed by atoms with van der Waals surface area (Å²) in [5.41, 5.74) is 4.42. The van der Waals surface area contributed by atoms with Gasteiger partial charge in [0.15, 0.2) is 0 Å². The molecule has 0 aliphatic carbocycles. The fourth-order valence-corrected chi connectivity index (χ4v) is 1.28. The monoisotopic (exact) mass is 224 g/mol. The van der Waals surface area contributed by atoms with E-state index in [0.29, 0.717) is 0 Å². The number of rotatable bonds is 1. The Morgan fingerprint density at radius 1 is 1.31 bits per heavy atom. The van der Waals surface area contributed by atoms with Gasteiger partial charge in [-0.05, 0) is 6.07 Å². The molecule has 1 aliphatic heterocycles. The van der Waals surface area contributed by atoms with Crippen molar-refractivity contribution in [2.24, 2.45) is 0 Å². The number of nitrogens with one attached hydrogen (secondary N) is 2. The first-order chi connectivity index (χ1) is 7.86. The zero-order valence-corrected chi connectivity index (χ0v) is 11.0. The van der Waals surface area contributed by atoms with Crippen LogP contribution in [0.3, 0.4) is 0 Å². The van der Waals surface area contributed by atoms with Crippen molar-refractivity contribution >= 4 is 0 Å². The van der Waals surface area contributed by atoms with E-state index >= 15 is 0 Å². The van der Waals surface area contributed by atoms with Crippen molar-refractivity contribution in [1.29, 1.82) is 0 Å². The largest absolute Gasteiger partial charge is 0.283 e. The second-order valence-corrected chi connectivity index (χ2v) is 2.91. The molecule has 2 rings (SSSR count). The normalized spacial score (nSPS) is 19.2. The maximum atomic E-state index is 4.06. The van der Waals surface area contributed by atoms with Crippen molar-refractivity contribution in [3.63, 3.8) is 0 Å². The fraction of sp³-hybridized carbons (Fsp3) is 0.583.